The molecule has 0 heterocycles. The number of ether oxygens (including phenoxy) is 1. The number of aryl methyl sites for hydroxylation is 1. The normalized spacial score (nSPS) is 11.5. The quantitative estimate of drug-likeness (QED) is 0.526. The number of phenols is 1. The molecule has 4 N–H and O–H groups in total. The first-order valence-electron chi connectivity index (χ1n) is 6.54. The van der Waals surface area contributed by atoms with E-state index in [1.807, 2.05) is 5.32 Å². The van der Waals surface area contributed by atoms with E-state index in [4.69, 9.17) is 20.1 Å². The Kier molecular flexibility index (Phi) is 6.68. The number of carboxylic acid groups (broad SMARTS) is 2. The minimum absolute atomic E-state index is 0.0616. The van der Waals surface area contributed by atoms with Gasteiger partial charge in [0.15, 0.2) is 0 Å². The van der Waals surface area contributed by atoms with Gasteiger partial charge in [-0.3, -0.25) is 4.79 Å². The first-order valence-corrected chi connectivity index (χ1v) is 6.54. The summed E-state index contributed by atoms with van der Waals surface area (Å²) >= 11 is 0. The van der Waals surface area contributed by atoms with E-state index < -0.39 is 30.5 Å². The number of carboxylic acids is 2. The van der Waals surface area contributed by atoms with Gasteiger partial charge in [0.1, 0.15) is 11.8 Å². The number of hydrogen-bond donors (Lipinski definition) is 4. The molecule has 8 nitrogen and oxygen atoms in total. The Balaban J connectivity index is 2.28. The summed E-state index contributed by atoms with van der Waals surface area (Å²) in [5.41, 5.74) is 0.955. The van der Waals surface area contributed by atoms with E-state index in [0.717, 1.165) is 5.56 Å². The van der Waals surface area contributed by atoms with Gasteiger partial charge in [0.2, 0.25) is 0 Å². The van der Waals surface area contributed by atoms with Crippen molar-refractivity contribution in [3.8, 4) is 5.75 Å². The van der Waals surface area contributed by atoms with Gasteiger partial charge in [-0.15, -0.1) is 0 Å². The average molecular weight is 311 g/mol. The molecule has 1 amide bonds. The van der Waals surface area contributed by atoms with Crippen LogP contribution in [0.5, 0.6) is 5.75 Å². The van der Waals surface area contributed by atoms with Crippen molar-refractivity contribution >= 4 is 18.0 Å². The zero-order valence-electron chi connectivity index (χ0n) is 11.7. The number of nitrogens with one attached hydrogen (secondary N) is 1. The van der Waals surface area contributed by atoms with Gasteiger partial charge in [0.25, 0.3) is 0 Å². The summed E-state index contributed by atoms with van der Waals surface area (Å²) in [4.78, 5) is 32.6. The van der Waals surface area contributed by atoms with Crippen LogP contribution in [0.2, 0.25) is 0 Å². The van der Waals surface area contributed by atoms with Crippen molar-refractivity contribution in [2.75, 3.05) is 6.61 Å². The van der Waals surface area contributed by atoms with Gasteiger partial charge in [-0.05, 0) is 30.5 Å². The Hall–Kier alpha value is -2.77. The Bertz CT molecular complexity index is 526. The number of rotatable bonds is 8. The molecule has 0 fully saturated rings. The fraction of sp³-hybridized carbons (Fsp3) is 0.357. The largest absolute Gasteiger partial charge is 0.508 e. The van der Waals surface area contributed by atoms with Crippen LogP contribution < -0.4 is 5.32 Å². The van der Waals surface area contributed by atoms with Gasteiger partial charge in [0, 0.05) is 0 Å². The third-order valence-corrected chi connectivity index (χ3v) is 2.75. The van der Waals surface area contributed by atoms with E-state index in [1.165, 1.54) is 0 Å². The van der Waals surface area contributed by atoms with Gasteiger partial charge in [-0.2, -0.15) is 0 Å². The number of hydrogen-bond acceptors (Lipinski definition) is 5. The summed E-state index contributed by atoms with van der Waals surface area (Å²) in [6.07, 6.45) is -0.572. The molecule has 1 unspecified atom stereocenters. The Morgan fingerprint density at radius 2 is 1.77 bits per heavy atom. The van der Waals surface area contributed by atoms with Crippen LogP contribution in [0.25, 0.3) is 0 Å². The third-order valence-electron chi connectivity index (χ3n) is 2.75. The molecule has 0 bridgehead atoms. The van der Waals surface area contributed by atoms with E-state index in [0.29, 0.717) is 12.8 Å². The smallest absolute Gasteiger partial charge is 0.407 e. The average Bonchev–Trinajstić information content (AvgIpc) is 2.44. The van der Waals surface area contributed by atoms with Crippen LogP contribution in [-0.2, 0) is 20.7 Å². The van der Waals surface area contributed by atoms with Crippen LogP contribution >= 0.6 is 0 Å². The molecular weight excluding hydrogens is 294 g/mol. The maximum atomic E-state index is 11.4. The molecular formula is C14H17NO7. The molecule has 8 heteroatoms. The van der Waals surface area contributed by atoms with Gasteiger partial charge in [-0.1, -0.05) is 12.1 Å². The highest BCUT2D eigenvalue weighted by Gasteiger charge is 2.23. The van der Waals surface area contributed by atoms with E-state index >= 15 is 0 Å². The molecule has 0 aliphatic rings. The van der Waals surface area contributed by atoms with E-state index in [1.54, 1.807) is 24.3 Å². The second kappa shape index (κ2) is 8.50. The Morgan fingerprint density at radius 1 is 1.14 bits per heavy atom. The summed E-state index contributed by atoms with van der Waals surface area (Å²) in [5, 5.41) is 28.4. The van der Waals surface area contributed by atoms with Crippen molar-refractivity contribution in [1.29, 1.82) is 0 Å². The summed E-state index contributed by atoms with van der Waals surface area (Å²) in [6.45, 7) is 0.0616. The summed E-state index contributed by atoms with van der Waals surface area (Å²) in [6, 6.07) is 5.05. The highest BCUT2D eigenvalue weighted by molar-refractivity contribution is 5.84. The first-order chi connectivity index (χ1) is 10.4. The lowest BCUT2D eigenvalue weighted by molar-refractivity contribution is -0.145. The first kappa shape index (κ1) is 17.3. The fourth-order valence-electron chi connectivity index (χ4n) is 1.66. The lowest BCUT2D eigenvalue weighted by Gasteiger charge is -2.12. The number of benzene rings is 1. The number of phenolic OH excluding ortho intramolecular Hbond substituents is 1. The molecule has 0 aliphatic carbocycles. The molecule has 120 valence electrons. The predicted octanol–water partition coefficient (Wildman–Crippen LogP) is 0.979. The molecule has 1 rings (SSSR count). The second-order valence-corrected chi connectivity index (χ2v) is 4.54. The lowest BCUT2D eigenvalue weighted by Crippen LogP contribution is -2.42. The molecule has 0 aromatic heterocycles. The van der Waals surface area contributed by atoms with E-state index in [9.17, 15) is 14.4 Å². The number of amides is 1. The molecule has 0 spiro atoms. The molecule has 0 saturated heterocycles. The minimum atomic E-state index is -1.53. The number of alkyl carbamates (subject to hydrolysis) is 1. The van der Waals surface area contributed by atoms with Gasteiger partial charge < -0.3 is 25.4 Å². The lowest BCUT2D eigenvalue weighted by atomic mass is 10.1. The Morgan fingerprint density at radius 3 is 2.32 bits per heavy atom. The van der Waals surface area contributed by atoms with Crippen molar-refractivity contribution in [2.24, 2.45) is 0 Å². The van der Waals surface area contributed by atoms with Crippen LogP contribution in [-0.4, -0.2) is 46.0 Å². The van der Waals surface area contributed by atoms with Gasteiger partial charge in [0.05, 0.1) is 13.0 Å². The molecule has 1 aromatic carbocycles. The van der Waals surface area contributed by atoms with E-state index in [-0.39, 0.29) is 12.4 Å². The van der Waals surface area contributed by atoms with Gasteiger partial charge in [-0.25, -0.2) is 9.59 Å². The number of carbonyl (C=O) groups excluding carboxylic acids is 1. The highest BCUT2D eigenvalue weighted by Crippen LogP contribution is 2.11. The SMILES string of the molecule is O=C(O)CC(NC(=O)OCCCc1ccc(O)cc1)C(=O)O. The van der Waals surface area contributed by atoms with Crippen molar-refractivity contribution in [1.82, 2.24) is 5.32 Å². The topological polar surface area (TPSA) is 133 Å². The zero-order valence-corrected chi connectivity index (χ0v) is 11.7. The molecule has 1 atom stereocenters. The molecule has 22 heavy (non-hydrogen) atoms. The van der Waals surface area contributed by atoms with Crippen LogP contribution in [0.3, 0.4) is 0 Å². The minimum Gasteiger partial charge on any atom is -0.508 e. The summed E-state index contributed by atoms with van der Waals surface area (Å²) in [5.74, 6) is -2.61. The Labute approximate surface area is 126 Å². The van der Waals surface area contributed by atoms with Crippen LogP contribution in [0.1, 0.15) is 18.4 Å². The monoisotopic (exact) mass is 311 g/mol. The van der Waals surface area contributed by atoms with Gasteiger partial charge >= 0.3 is 18.0 Å². The molecule has 0 saturated carbocycles. The van der Waals surface area contributed by atoms with Crippen LogP contribution in [0.4, 0.5) is 4.79 Å². The zero-order chi connectivity index (χ0) is 16.5. The van der Waals surface area contributed by atoms with E-state index in [2.05, 4.69) is 0 Å². The molecule has 0 radical (unpaired) electrons. The van der Waals surface area contributed by atoms with Crippen LogP contribution in [0.15, 0.2) is 24.3 Å². The third kappa shape index (κ3) is 6.60. The van der Waals surface area contributed by atoms with Crippen molar-refractivity contribution < 1.29 is 34.4 Å². The summed E-state index contributed by atoms with van der Waals surface area (Å²) in [7, 11) is 0. The highest BCUT2D eigenvalue weighted by atomic mass is 16.5. The number of aromatic hydroxyl groups is 1. The summed E-state index contributed by atoms with van der Waals surface area (Å²) < 4.78 is 4.79. The molecule has 0 aliphatic heterocycles. The van der Waals surface area contributed by atoms with Crippen molar-refractivity contribution in [3.63, 3.8) is 0 Å². The molecule has 1 aromatic rings. The predicted molar refractivity (Wildman–Crippen MR) is 74.6 cm³/mol. The van der Waals surface area contributed by atoms with Crippen molar-refractivity contribution in [2.45, 2.75) is 25.3 Å². The second-order valence-electron chi connectivity index (χ2n) is 4.54. The van der Waals surface area contributed by atoms with Crippen LogP contribution in [0, 0.1) is 0 Å². The maximum absolute atomic E-state index is 11.4. The standard InChI is InChI=1S/C14H17NO7/c16-10-5-3-9(4-6-10)2-1-7-22-14(21)15-11(13(19)20)8-12(17)18/h3-6,11,16H,1-2,7-8H2,(H,15,21)(H,17,18)(H,19,20). The number of aliphatic carboxylic acids is 2. The van der Waals surface area contributed by atoms with Crippen molar-refractivity contribution in [3.05, 3.63) is 29.8 Å². The fourth-order valence-corrected chi connectivity index (χ4v) is 1.66. The number of carbonyl (C=O) groups is 3. The maximum Gasteiger partial charge on any atom is 0.407 e.